The van der Waals surface area contributed by atoms with Crippen LogP contribution in [0.3, 0.4) is 0 Å². The Labute approximate surface area is 120 Å². The monoisotopic (exact) mass is 301 g/mol. The van der Waals surface area contributed by atoms with E-state index in [9.17, 15) is 4.79 Å². The van der Waals surface area contributed by atoms with E-state index in [4.69, 9.17) is 34.8 Å². The molecule has 1 aromatic carbocycles. The van der Waals surface area contributed by atoms with Crippen LogP contribution in [0.1, 0.15) is 11.3 Å². The molecule has 0 unspecified atom stereocenters. The Morgan fingerprint density at radius 1 is 1.17 bits per heavy atom. The van der Waals surface area contributed by atoms with Crippen molar-refractivity contribution in [3.8, 4) is 5.69 Å². The van der Waals surface area contributed by atoms with Crippen molar-refractivity contribution < 1.29 is 0 Å². The van der Waals surface area contributed by atoms with Crippen molar-refractivity contribution in [2.75, 3.05) is 0 Å². The van der Waals surface area contributed by atoms with E-state index >= 15 is 0 Å². The summed E-state index contributed by atoms with van der Waals surface area (Å²) in [6, 6.07) is 6.86. The molecule has 0 bridgehead atoms. The van der Waals surface area contributed by atoms with Crippen molar-refractivity contribution in [3.63, 3.8) is 0 Å². The van der Waals surface area contributed by atoms with Crippen LogP contribution in [0.25, 0.3) is 5.69 Å². The quantitative estimate of drug-likeness (QED) is 0.762. The lowest BCUT2D eigenvalue weighted by atomic mass is 10.2. The molecule has 0 aliphatic heterocycles. The van der Waals surface area contributed by atoms with Gasteiger partial charge in [0.1, 0.15) is 0 Å². The number of alkyl halides is 1. The Hall–Kier alpha value is -0.960. The first kappa shape index (κ1) is 13.5. The first-order valence-corrected chi connectivity index (χ1v) is 6.55. The average Bonchev–Trinajstić information content (AvgIpc) is 2.33. The van der Waals surface area contributed by atoms with E-state index in [0.717, 1.165) is 11.4 Å². The van der Waals surface area contributed by atoms with Crippen LogP contribution >= 0.6 is 34.8 Å². The first-order chi connectivity index (χ1) is 8.52. The van der Waals surface area contributed by atoms with Gasteiger partial charge in [0.15, 0.2) is 5.43 Å². The largest absolute Gasteiger partial charge is 0.321 e. The zero-order chi connectivity index (χ0) is 13.3. The minimum atomic E-state index is -0.0567. The summed E-state index contributed by atoms with van der Waals surface area (Å²) in [5.41, 5.74) is 2.15. The van der Waals surface area contributed by atoms with Crippen molar-refractivity contribution >= 4 is 34.8 Å². The zero-order valence-electron chi connectivity index (χ0n) is 9.58. The lowest BCUT2D eigenvalue weighted by Crippen LogP contribution is -2.12. The second-order valence-corrected chi connectivity index (χ2v) is 4.99. The van der Waals surface area contributed by atoms with Gasteiger partial charge in [-0.05, 0) is 25.1 Å². The molecule has 0 saturated carbocycles. The van der Waals surface area contributed by atoms with Gasteiger partial charge in [0.2, 0.25) is 0 Å². The minimum Gasteiger partial charge on any atom is -0.321 e. The van der Waals surface area contributed by atoms with Crippen molar-refractivity contribution in [1.29, 1.82) is 0 Å². The van der Waals surface area contributed by atoms with Gasteiger partial charge < -0.3 is 4.57 Å². The van der Waals surface area contributed by atoms with Crippen LogP contribution in [-0.4, -0.2) is 4.57 Å². The van der Waals surface area contributed by atoms with Crippen LogP contribution in [0.4, 0.5) is 0 Å². The Balaban J connectivity index is 2.63. The van der Waals surface area contributed by atoms with E-state index in [1.807, 2.05) is 17.6 Å². The number of pyridine rings is 1. The Bertz CT molecular complexity index is 649. The third kappa shape index (κ3) is 2.56. The van der Waals surface area contributed by atoms with Crippen LogP contribution in [0.5, 0.6) is 0 Å². The van der Waals surface area contributed by atoms with Crippen LogP contribution in [0.2, 0.25) is 10.0 Å². The summed E-state index contributed by atoms with van der Waals surface area (Å²) >= 11 is 17.6. The molecule has 0 N–H and O–H groups in total. The second-order valence-electron chi connectivity index (χ2n) is 3.91. The fourth-order valence-electron chi connectivity index (χ4n) is 1.69. The third-order valence-electron chi connectivity index (χ3n) is 2.65. The maximum Gasteiger partial charge on any atom is 0.186 e. The number of nitrogens with zero attached hydrogens (tertiary/aromatic N) is 1. The number of hydrogen-bond acceptors (Lipinski definition) is 1. The molecule has 1 heterocycles. The molecule has 0 amide bonds. The van der Waals surface area contributed by atoms with Gasteiger partial charge in [-0.2, -0.15) is 0 Å². The van der Waals surface area contributed by atoms with Gasteiger partial charge in [-0.3, -0.25) is 4.79 Å². The van der Waals surface area contributed by atoms with E-state index < -0.39 is 0 Å². The highest BCUT2D eigenvalue weighted by Crippen LogP contribution is 2.25. The second kappa shape index (κ2) is 5.35. The lowest BCUT2D eigenvalue weighted by molar-refractivity contribution is 0.955. The van der Waals surface area contributed by atoms with Gasteiger partial charge in [0.25, 0.3) is 0 Å². The van der Waals surface area contributed by atoms with Crippen LogP contribution in [0.15, 0.2) is 35.3 Å². The molecule has 0 spiro atoms. The predicted molar refractivity (Wildman–Crippen MR) is 76.4 cm³/mol. The maximum absolute atomic E-state index is 11.6. The predicted octanol–water partition coefficient (Wildman–Crippen LogP) is 4.19. The van der Waals surface area contributed by atoms with E-state index in [1.54, 1.807) is 24.4 Å². The average molecular weight is 303 g/mol. The molecule has 2 rings (SSSR count). The fraction of sp³-hybridized carbons (Fsp3) is 0.154. The normalized spacial score (nSPS) is 10.7. The molecule has 2 nitrogen and oxygen atoms in total. The molecule has 0 aliphatic carbocycles. The molecule has 1 aromatic heterocycles. The first-order valence-electron chi connectivity index (χ1n) is 5.26. The van der Waals surface area contributed by atoms with Crippen LogP contribution < -0.4 is 5.43 Å². The molecule has 18 heavy (non-hydrogen) atoms. The van der Waals surface area contributed by atoms with Crippen molar-refractivity contribution in [1.82, 2.24) is 4.57 Å². The highest BCUT2D eigenvalue weighted by Gasteiger charge is 2.06. The summed E-state index contributed by atoms with van der Waals surface area (Å²) in [6.07, 6.45) is 1.73. The molecule has 0 aliphatic rings. The van der Waals surface area contributed by atoms with Crippen LogP contribution in [-0.2, 0) is 5.88 Å². The highest BCUT2D eigenvalue weighted by atomic mass is 35.5. The number of rotatable bonds is 2. The van der Waals surface area contributed by atoms with Crippen molar-refractivity contribution in [2.24, 2.45) is 0 Å². The van der Waals surface area contributed by atoms with Crippen molar-refractivity contribution in [3.05, 3.63) is 62.0 Å². The standard InChI is InChI=1S/C13H10Cl3NO/c1-8-4-13(18)9(6-14)7-17(8)10-2-3-11(15)12(16)5-10/h2-5,7H,6H2,1H3. The van der Waals surface area contributed by atoms with E-state index in [2.05, 4.69) is 0 Å². The third-order valence-corrected chi connectivity index (χ3v) is 3.67. The molecule has 0 atom stereocenters. The molecule has 0 fully saturated rings. The molecule has 5 heteroatoms. The summed E-state index contributed by atoms with van der Waals surface area (Å²) in [6.45, 7) is 1.85. The number of aryl methyl sites for hydroxylation is 1. The number of halogens is 3. The van der Waals surface area contributed by atoms with E-state index in [0.29, 0.717) is 15.6 Å². The highest BCUT2D eigenvalue weighted by molar-refractivity contribution is 6.42. The molecule has 2 aromatic rings. The number of hydrogen-bond donors (Lipinski definition) is 0. The lowest BCUT2D eigenvalue weighted by Gasteiger charge is -2.12. The SMILES string of the molecule is Cc1cc(=O)c(CCl)cn1-c1ccc(Cl)c(Cl)c1. The minimum absolute atomic E-state index is 0.0567. The van der Waals surface area contributed by atoms with E-state index in [1.165, 1.54) is 0 Å². The van der Waals surface area contributed by atoms with Gasteiger partial charge in [0.05, 0.1) is 15.9 Å². The zero-order valence-corrected chi connectivity index (χ0v) is 11.9. The summed E-state index contributed by atoms with van der Waals surface area (Å²) in [5, 5.41) is 0.969. The summed E-state index contributed by atoms with van der Waals surface area (Å²) in [7, 11) is 0. The topological polar surface area (TPSA) is 22.0 Å². The van der Waals surface area contributed by atoms with Gasteiger partial charge in [-0.1, -0.05) is 23.2 Å². The summed E-state index contributed by atoms with van der Waals surface area (Å²) < 4.78 is 1.86. The maximum atomic E-state index is 11.6. The number of benzene rings is 1. The number of aromatic nitrogens is 1. The Morgan fingerprint density at radius 3 is 2.50 bits per heavy atom. The van der Waals surface area contributed by atoms with Gasteiger partial charge in [-0.15, -0.1) is 11.6 Å². The molecule has 0 radical (unpaired) electrons. The Kier molecular flexibility index (Phi) is 4.00. The molecular weight excluding hydrogens is 293 g/mol. The Morgan fingerprint density at radius 2 is 1.89 bits per heavy atom. The molecule has 0 saturated heterocycles. The van der Waals surface area contributed by atoms with Gasteiger partial charge in [-0.25, -0.2) is 0 Å². The summed E-state index contributed by atoms with van der Waals surface area (Å²) in [5.74, 6) is 0.181. The van der Waals surface area contributed by atoms with Gasteiger partial charge in [0, 0.05) is 29.2 Å². The van der Waals surface area contributed by atoms with Crippen LogP contribution in [0, 0.1) is 6.92 Å². The van der Waals surface area contributed by atoms with Crippen molar-refractivity contribution in [2.45, 2.75) is 12.8 Å². The smallest absolute Gasteiger partial charge is 0.186 e. The van der Waals surface area contributed by atoms with Gasteiger partial charge >= 0.3 is 0 Å². The fourth-order valence-corrected chi connectivity index (χ4v) is 2.18. The molecular formula is C13H10Cl3NO. The molecule has 94 valence electrons. The summed E-state index contributed by atoms with van der Waals surface area (Å²) in [4.78, 5) is 11.6. The van der Waals surface area contributed by atoms with E-state index in [-0.39, 0.29) is 11.3 Å².